The second-order valence-corrected chi connectivity index (χ2v) is 4.47. The molecule has 86 valence electrons. The monoisotopic (exact) mass is 248 g/mol. The number of ether oxygens (including phenoxy) is 1. The molecule has 1 aromatic carbocycles. The number of hydrogen-bond donors (Lipinski definition) is 0. The molecule has 2 rings (SSSR count). The lowest BCUT2D eigenvalue weighted by Crippen LogP contribution is -1.96. The summed E-state index contributed by atoms with van der Waals surface area (Å²) in [5, 5.41) is 9.26. The van der Waals surface area contributed by atoms with Gasteiger partial charge in [-0.1, -0.05) is 12.1 Å². The third-order valence-electron chi connectivity index (χ3n) is 2.04. The van der Waals surface area contributed by atoms with E-state index in [1.54, 1.807) is 24.4 Å². The maximum atomic E-state index is 13.2. The van der Waals surface area contributed by atoms with E-state index in [0.29, 0.717) is 6.42 Å². The highest BCUT2D eigenvalue weighted by atomic mass is 32.1. The second kappa shape index (κ2) is 5.41. The van der Waals surface area contributed by atoms with Crippen molar-refractivity contribution < 1.29 is 9.13 Å². The van der Waals surface area contributed by atoms with Crippen LogP contribution in [0.2, 0.25) is 0 Å². The van der Waals surface area contributed by atoms with Gasteiger partial charge >= 0.3 is 0 Å². The van der Waals surface area contributed by atoms with Gasteiger partial charge in [-0.3, -0.25) is 0 Å². The van der Waals surface area contributed by atoms with Crippen LogP contribution in [0, 0.1) is 17.1 Å². The highest BCUT2D eigenvalue weighted by Crippen LogP contribution is 2.19. The fourth-order valence-corrected chi connectivity index (χ4v) is 2.04. The van der Waals surface area contributed by atoms with Crippen LogP contribution in [0.25, 0.3) is 0 Å². The van der Waals surface area contributed by atoms with Gasteiger partial charge in [0.1, 0.15) is 11.6 Å². The van der Waals surface area contributed by atoms with Gasteiger partial charge in [-0.05, 0) is 12.1 Å². The maximum Gasteiger partial charge on any atom is 0.165 e. The average Bonchev–Trinajstić information content (AvgIpc) is 2.76. The Morgan fingerprint density at radius 2 is 2.24 bits per heavy atom. The van der Waals surface area contributed by atoms with Gasteiger partial charge in [0.05, 0.1) is 12.5 Å². The summed E-state index contributed by atoms with van der Waals surface area (Å²) in [6, 6.07) is 8.28. The van der Waals surface area contributed by atoms with E-state index in [1.807, 2.05) is 6.07 Å². The van der Waals surface area contributed by atoms with Crippen molar-refractivity contribution in [3.63, 3.8) is 0 Å². The molecule has 5 heteroatoms. The number of hydrogen-bond acceptors (Lipinski definition) is 4. The molecular formula is C12H9FN2OS. The molecule has 0 radical (unpaired) electrons. The molecular weight excluding hydrogens is 239 g/mol. The van der Waals surface area contributed by atoms with Crippen molar-refractivity contribution >= 4 is 11.3 Å². The Labute approximate surface area is 102 Å². The van der Waals surface area contributed by atoms with Gasteiger partial charge in [-0.25, -0.2) is 9.37 Å². The quantitative estimate of drug-likeness (QED) is 0.835. The number of thiazole rings is 1. The van der Waals surface area contributed by atoms with Crippen LogP contribution >= 0.6 is 11.3 Å². The molecule has 0 aliphatic rings. The number of nitrogens with zero attached hydrogens (tertiary/aromatic N) is 2. The Bertz CT molecular complexity index is 547. The number of nitriles is 1. The first-order valence-electron chi connectivity index (χ1n) is 4.97. The summed E-state index contributed by atoms with van der Waals surface area (Å²) in [6.07, 6.45) is 1.99. The predicted octanol–water partition coefficient (Wildman–Crippen LogP) is 2.93. The molecule has 1 heterocycles. The minimum absolute atomic E-state index is 0.213. The Hall–Kier alpha value is -1.93. The number of halogens is 1. The van der Waals surface area contributed by atoms with Crippen LogP contribution < -0.4 is 4.74 Å². The summed E-state index contributed by atoms with van der Waals surface area (Å²) in [5.41, 5.74) is 0. The van der Waals surface area contributed by atoms with E-state index < -0.39 is 0 Å². The van der Waals surface area contributed by atoms with E-state index in [2.05, 4.69) is 4.98 Å². The Balaban J connectivity index is 1.98. The van der Waals surface area contributed by atoms with E-state index in [9.17, 15) is 4.39 Å². The highest BCUT2D eigenvalue weighted by molar-refractivity contribution is 7.11. The molecule has 0 amide bonds. The lowest BCUT2D eigenvalue weighted by Gasteiger charge is -2.04. The number of benzene rings is 1. The molecule has 0 spiro atoms. The zero-order valence-electron chi connectivity index (χ0n) is 8.89. The smallest absolute Gasteiger partial charge is 0.165 e. The zero-order valence-corrected chi connectivity index (χ0v) is 9.71. The standard InChI is InChI=1S/C12H9FN2OS/c13-10-3-1-2-4-11(10)16-8-12-15-7-9(17-12)5-6-14/h1-4,7H,5,8H2. The average molecular weight is 248 g/mol. The van der Waals surface area contributed by atoms with Gasteiger partial charge in [0.2, 0.25) is 0 Å². The first-order chi connectivity index (χ1) is 8.29. The van der Waals surface area contributed by atoms with Gasteiger partial charge in [-0.15, -0.1) is 11.3 Å². The van der Waals surface area contributed by atoms with Crippen molar-refractivity contribution in [2.45, 2.75) is 13.0 Å². The summed E-state index contributed by atoms with van der Waals surface area (Å²) in [5.74, 6) is -0.175. The van der Waals surface area contributed by atoms with Crippen LogP contribution in [0.15, 0.2) is 30.5 Å². The Kier molecular flexibility index (Phi) is 3.68. The molecule has 0 fully saturated rings. The summed E-state index contributed by atoms with van der Waals surface area (Å²) in [6.45, 7) is 0.219. The Morgan fingerprint density at radius 1 is 1.41 bits per heavy atom. The third-order valence-corrected chi connectivity index (χ3v) is 3.01. The van der Waals surface area contributed by atoms with Crippen LogP contribution in [0.1, 0.15) is 9.88 Å². The van der Waals surface area contributed by atoms with Gasteiger partial charge < -0.3 is 4.74 Å². The molecule has 2 aromatic rings. The lowest BCUT2D eigenvalue weighted by atomic mass is 10.3. The predicted molar refractivity (Wildman–Crippen MR) is 62.2 cm³/mol. The maximum absolute atomic E-state index is 13.2. The second-order valence-electron chi connectivity index (χ2n) is 3.27. The topological polar surface area (TPSA) is 45.9 Å². The first kappa shape index (κ1) is 11.6. The van der Waals surface area contributed by atoms with E-state index in [4.69, 9.17) is 10.00 Å². The van der Waals surface area contributed by atoms with Crippen molar-refractivity contribution in [1.82, 2.24) is 4.98 Å². The summed E-state index contributed by atoms with van der Waals surface area (Å²) < 4.78 is 18.5. The molecule has 1 aromatic heterocycles. The van der Waals surface area contributed by atoms with Gasteiger partial charge in [0.15, 0.2) is 11.6 Å². The van der Waals surface area contributed by atoms with Crippen molar-refractivity contribution in [1.29, 1.82) is 5.26 Å². The highest BCUT2D eigenvalue weighted by Gasteiger charge is 2.05. The molecule has 0 atom stereocenters. The van der Waals surface area contributed by atoms with Crippen molar-refractivity contribution in [2.75, 3.05) is 0 Å². The largest absolute Gasteiger partial charge is 0.483 e. The van der Waals surface area contributed by atoms with Crippen LogP contribution in [0.4, 0.5) is 4.39 Å². The molecule has 0 unspecified atom stereocenters. The van der Waals surface area contributed by atoms with E-state index in [1.165, 1.54) is 17.4 Å². The molecule has 0 saturated carbocycles. The first-order valence-corrected chi connectivity index (χ1v) is 5.79. The Morgan fingerprint density at radius 3 is 3.00 bits per heavy atom. The van der Waals surface area contributed by atoms with Crippen molar-refractivity contribution in [3.05, 3.63) is 46.2 Å². The van der Waals surface area contributed by atoms with Crippen molar-refractivity contribution in [2.24, 2.45) is 0 Å². The molecule has 0 saturated heterocycles. The van der Waals surface area contributed by atoms with E-state index >= 15 is 0 Å². The van der Waals surface area contributed by atoms with Crippen LogP contribution in [0.5, 0.6) is 5.75 Å². The van der Waals surface area contributed by atoms with Crippen molar-refractivity contribution in [3.8, 4) is 11.8 Å². The summed E-state index contributed by atoms with van der Waals surface area (Å²) >= 11 is 1.40. The number of rotatable bonds is 4. The summed E-state index contributed by atoms with van der Waals surface area (Å²) in [7, 11) is 0. The van der Waals surface area contributed by atoms with Gasteiger partial charge in [0.25, 0.3) is 0 Å². The minimum Gasteiger partial charge on any atom is -0.483 e. The van der Waals surface area contributed by atoms with E-state index in [0.717, 1.165) is 9.88 Å². The molecule has 0 bridgehead atoms. The normalized spacial score (nSPS) is 9.88. The summed E-state index contributed by atoms with van der Waals surface area (Å²) in [4.78, 5) is 4.99. The van der Waals surface area contributed by atoms with Gasteiger partial charge in [-0.2, -0.15) is 5.26 Å². The van der Waals surface area contributed by atoms with Gasteiger partial charge in [0, 0.05) is 11.1 Å². The minimum atomic E-state index is -0.388. The third kappa shape index (κ3) is 3.02. The van der Waals surface area contributed by atoms with Crippen LogP contribution in [-0.4, -0.2) is 4.98 Å². The molecule has 17 heavy (non-hydrogen) atoms. The van der Waals surface area contributed by atoms with E-state index in [-0.39, 0.29) is 18.2 Å². The molecule has 0 aliphatic heterocycles. The number of aromatic nitrogens is 1. The number of para-hydroxylation sites is 1. The SMILES string of the molecule is N#CCc1cnc(COc2ccccc2F)s1. The van der Waals surface area contributed by atoms with Crippen LogP contribution in [0.3, 0.4) is 0 Å². The zero-order chi connectivity index (χ0) is 12.1. The molecule has 0 N–H and O–H groups in total. The molecule has 3 nitrogen and oxygen atoms in total. The lowest BCUT2D eigenvalue weighted by molar-refractivity contribution is 0.290. The van der Waals surface area contributed by atoms with Crippen LogP contribution in [-0.2, 0) is 13.0 Å². The molecule has 0 aliphatic carbocycles. The fraction of sp³-hybridized carbons (Fsp3) is 0.167. The fourth-order valence-electron chi connectivity index (χ4n) is 1.28.